The zero-order chi connectivity index (χ0) is 40.3. The Morgan fingerprint density at radius 3 is 0.945 bits per heavy atom. The second-order valence-electron chi connectivity index (χ2n) is 17.0. The summed E-state index contributed by atoms with van der Waals surface area (Å²) in [7, 11) is 0. The van der Waals surface area contributed by atoms with Crippen LogP contribution in [0.1, 0.15) is 272 Å². The number of unbranched alkanes of at least 4 members (excludes halogenated alkanes) is 30. The second kappa shape index (κ2) is 43.5. The number of hydrogen-bond donors (Lipinski definition) is 0. The van der Waals surface area contributed by atoms with Crippen LogP contribution in [0, 0.1) is 5.92 Å². The lowest BCUT2D eigenvalue weighted by Crippen LogP contribution is -2.30. The summed E-state index contributed by atoms with van der Waals surface area (Å²) in [4.78, 5) is 37.8. The predicted molar refractivity (Wildman–Crippen MR) is 233 cm³/mol. The molecule has 0 aliphatic heterocycles. The number of esters is 3. The first-order valence-corrected chi connectivity index (χ1v) is 24.4. The third-order valence-corrected chi connectivity index (χ3v) is 11.4. The van der Waals surface area contributed by atoms with Crippen LogP contribution in [-0.2, 0) is 28.6 Å². The molecule has 0 heterocycles. The van der Waals surface area contributed by atoms with Crippen molar-refractivity contribution < 1.29 is 28.6 Å². The van der Waals surface area contributed by atoms with Gasteiger partial charge in [0.25, 0.3) is 0 Å². The van der Waals surface area contributed by atoms with E-state index in [0.29, 0.717) is 19.3 Å². The molecule has 0 aliphatic carbocycles. The highest BCUT2D eigenvalue weighted by atomic mass is 16.6. The number of hydrogen-bond acceptors (Lipinski definition) is 6. The lowest BCUT2D eigenvalue weighted by Gasteiger charge is -2.18. The summed E-state index contributed by atoms with van der Waals surface area (Å²) in [5.41, 5.74) is 0. The molecule has 0 fully saturated rings. The van der Waals surface area contributed by atoms with Gasteiger partial charge in [-0.15, -0.1) is 0 Å². The van der Waals surface area contributed by atoms with Crippen molar-refractivity contribution in [3.63, 3.8) is 0 Å². The Morgan fingerprint density at radius 1 is 0.364 bits per heavy atom. The Balaban J connectivity index is 4.32. The SMILES string of the molecule is CCCCCCCCCCCCCCCC(=O)OC[C@H](COC(=O)CCCCCCCCCCCC)OC(=O)CCCCCCCCCCCCC(C)CC. The monoisotopic (exact) mass is 779 g/mol. The average molecular weight is 779 g/mol. The molecule has 0 saturated heterocycles. The fourth-order valence-electron chi connectivity index (χ4n) is 7.30. The summed E-state index contributed by atoms with van der Waals surface area (Å²) >= 11 is 0. The van der Waals surface area contributed by atoms with E-state index in [0.717, 1.165) is 63.7 Å². The third-order valence-electron chi connectivity index (χ3n) is 11.4. The van der Waals surface area contributed by atoms with Crippen LogP contribution in [0.15, 0.2) is 0 Å². The maximum atomic E-state index is 12.7. The van der Waals surface area contributed by atoms with Crippen LogP contribution in [0.25, 0.3) is 0 Å². The van der Waals surface area contributed by atoms with Crippen molar-refractivity contribution in [1.29, 1.82) is 0 Å². The largest absolute Gasteiger partial charge is 0.462 e. The topological polar surface area (TPSA) is 78.9 Å². The quantitative estimate of drug-likeness (QED) is 0.0348. The molecule has 6 heteroatoms. The minimum absolute atomic E-state index is 0.0633. The van der Waals surface area contributed by atoms with Crippen LogP contribution in [0.2, 0.25) is 0 Å². The molecule has 0 aromatic heterocycles. The van der Waals surface area contributed by atoms with Crippen LogP contribution in [-0.4, -0.2) is 37.2 Å². The Morgan fingerprint density at radius 2 is 0.636 bits per heavy atom. The van der Waals surface area contributed by atoms with Crippen molar-refractivity contribution in [1.82, 2.24) is 0 Å². The molecule has 0 aromatic rings. The molecular formula is C49H94O6. The fraction of sp³-hybridized carbons (Fsp3) is 0.939. The van der Waals surface area contributed by atoms with Crippen molar-refractivity contribution in [2.24, 2.45) is 5.92 Å². The molecule has 2 atom stereocenters. The van der Waals surface area contributed by atoms with Crippen LogP contribution < -0.4 is 0 Å². The number of carbonyl (C=O) groups excluding carboxylic acids is 3. The van der Waals surface area contributed by atoms with E-state index < -0.39 is 6.10 Å². The molecule has 0 rings (SSSR count). The minimum Gasteiger partial charge on any atom is -0.462 e. The third kappa shape index (κ3) is 41.9. The highest BCUT2D eigenvalue weighted by Crippen LogP contribution is 2.17. The molecule has 55 heavy (non-hydrogen) atoms. The maximum Gasteiger partial charge on any atom is 0.306 e. The summed E-state index contributed by atoms with van der Waals surface area (Å²) in [6.07, 6.45) is 43.6. The minimum atomic E-state index is -0.759. The molecule has 0 amide bonds. The van der Waals surface area contributed by atoms with E-state index in [-0.39, 0.29) is 31.1 Å². The predicted octanol–water partition coefficient (Wildman–Crippen LogP) is 15.5. The van der Waals surface area contributed by atoms with Crippen LogP contribution in [0.5, 0.6) is 0 Å². The van der Waals surface area contributed by atoms with Gasteiger partial charge in [0.05, 0.1) is 0 Å². The smallest absolute Gasteiger partial charge is 0.306 e. The molecule has 0 bridgehead atoms. The molecule has 326 valence electrons. The number of ether oxygens (including phenoxy) is 3. The van der Waals surface area contributed by atoms with Crippen LogP contribution >= 0.6 is 0 Å². The number of rotatable bonds is 44. The van der Waals surface area contributed by atoms with Gasteiger partial charge in [-0.1, -0.05) is 233 Å². The Hall–Kier alpha value is -1.59. The first-order chi connectivity index (χ1) is 26.9. The molecule has 0 N–H and O–H groups in total. The van der Waals surface area contributed by atoms with Gasteiger partial charge in [0, 0.05) is 19.3 Å². The van der Waals surface area contributed by atoms with E-state index in [1.54, 1.807) is 0 Å². The van der Waals surface area contributed by atoms with E-state index in [1.165, 1.54) is 167 Å². The standard InChI is InChI=1S/C49H94O6/c1-5-8-10-12-14-16-18-19-20-25-29-33-37-41-48(51)54-44-46(43-53-47(50)40-36-32-28-24-17-15-13-11-9-6-2)55-49(52)42-38-34-30-26-22-21-23-27-31-35-39-45(4)7-3/h45-46H,5-44H2,1-4H3/t45?,46-/m0/s1. The Labute approximate surface area is 342 Å². The molecule has 0 aliphatic rings. The van der Waals surface area contributed by atoms with Gasteiger partial charge in [-0.2, -0.15) is 0 Å². The van der Waals surface area contributed by atoms with E-state index in [9.17, 15) is 14.4 Å². The number of carbonyl (C=O) groups is 3. The first-order valence-electron chi connectivity index (χ1n) is 24.4. The summed E-state index contributed by atoms with van der Waals surface area (Å²) in [5, 5.41) is 0. The van der Waals surface area contributed by atoms with E-state index >= 15 is 0 Å². The summed E-state index contributed by atoms with van der Waals surface area (Å²) < 4.78 is 16.8. The van der Waals surface area contributed by atoms with Gasteiger partial charge < -0.3 is 14.2 Å². The van der Waals surface area contributed by atoms with Gasteiger partial charge >= 0.3 is 17.9 Å². The lowest BCUT2D eigenvalue weighted by molar-refractivity contribution is -0.167. The molecular weight excluding hydrogens is 685 g/mol. The van der Waals surface area contributed by atoms with E-state index in [2.05, 4.69) is 27.7 Å². The highest BCUT2D eigenvalue weighted by molar-refractivity contribution is 5.71. The zero-order valence-electron chi connectivity index (χ0n) is 37.4. The Kier molecular flexibility index (Phi) is 42.3. The van der Waals surface area contributed by atoms with Crippen LogP contribution in [0.3, 0.4) is 0 Å². The molecule has 0 saturated carbocycles. The summed E-state index contributed by atoms with van der Waals surface area (Å²) in [5.74, 6) is 0.0172. The van der Waals surface area contributed by atoms with E-state index in [1.807, 2.05) is 0 Å². The van der Waals surface area contributed by atoms with Gasteiger partial charge in [-0.05, 0) is 25.2 Å². The normalized spacial score (nSPS) is 12.4. The zero-order valence-corrected chi connectivity index (χ0v) is 37.4. The van der Waals surface area contributed by atoms with Crippen molar-refractivity contribution in [3.8, 4) is 0 Å². The highest BCUT2D eigenvalue weighted by Gasteiger charge is 2.19. The molecule has 0 aromatic carbocycles. The van der Waals surface area contributed by atoms with Crippen molar-refractivity contribution in [2.45, 2.75) is 278 Å². The van der Waals surface area contributed by atoms with Gasteiger partial charge in [-0.3, -0.25) is 14.4 Å². The van der Waals surface area contributed by atoms with Gasteiger partial charge in [0.2, 0.25) is 0 Å². The molecule has 0 radical (unpaired) electrons. The lowest BCUT2D eigenvalue weighted by atomic mass is 9.99. The average Bonchev–Trinajstić information content (AvgIpc) is 3.18. The van der Waals surface area contributed by atoms with Crippen molar-refractivity contribution in [3.05, 3.63) is 0 Å². The van der Waals surface area contributed by atoms with Crippen molar-refractivity contribution in [2.75, 3.05) is 13.2 Å². The molecule has 1 unspecified atom stereocenters. The van der Waals surface area contributed by atoms with Gasteiger partial charge in [0.15, 0.2) is 6.10 Å². The van der Waals surface area contributed by atoms with E-state index in [4.69, 9.17) is 14.2 Å². The fourth-order valence-corrected chi connectivity index (χ4v) is 7.30. The maximum absolute atomic E-state index is 12.7. The molecule has 0 spiro atoms. The second-order valence-corrected chi connectivity index (χ2v) is 17.0. The first kappa shape index (κ1) is 53.4. The van der Waals surface area contributed by atoms with Gasteiger partial charge in [0.1, 0.15) is 13.2 Å². The Bertz CT molecular complexity index is 828. The van der Waals surface area contributed by atoms with Gasteiger partial charge in [-0.25, -0.2) is 0 Å². The van der Waals surface area contributed by atoms with Crippen LogP contribution in [0.4, 0.5) is 0 Å². The summed E-state index contributed by atoms with van der Waals surface area (Å²) in [6, 6.07) is 0. The summed E-state index contributed by atoms with van der Waals surface area (Å²) in [6.45, 7) is 9.02. The molecule has 6 nitrogen and oxygen atoms in total. The van der Waals surface area contributed by atoms with Crippen molar-refractivity contribution >= 4 is 17.9 Å².